The third-order valence-corrected chi connectivity index (χ3v) is 8.25. The van der Waals surface area contributed by atoms with Gasteiger partial charge in [-0.05, 0) is 45.4 Å². The Labute approximate surface area is 245 Å². The summed E-state index contributed by atoms with van der Waals surface area (Å²) in [5.41, 5.74) is 0.577. The minimum atomic E-state index is -1.04. The van der Waals surface area contributed by atoms with Crippen LogP contribution in [-0.2, 0) is 24.5 Å². The van der Waals surface area contributed by atoms with E-state index in [2.05, 4.69) is 4.98 Å². The highest BCUT2D eigenvalue weighted by atomic mass is 127. The number of nitrogens with one attached hydrogen (secondary N) is 1. The third-order valence-electron chi connectivity index (χ3n) is 7.48. The van der Waals surface area contributed by atoms with Gasteiger partial charge in [-0.15, -0.1) is 0 Å². The highest BCUT2D eigenvalue weighted by molar-refractivity contribution is 14.1. The molecule has 0 unspecified atom stereocenters. The van der Waals surface area contributed by atoms with Crippen LogP contribution >= 0.6 is 22.6 Å². The Morgan fingerprint density at radius 2 is 1.70 bits per heavy atom. The molecule has 0 saturated carbocycles. The Morgan fingerprint density at radius 1 is 1.07 bits per heavy atom. The molecule has 2 aromatic carbocycles. The van der Waals surface area contributed by atoms with Gasteiger partial charge in [-0.25, -0.2) is 4.79 Å². The molecule has 1 fully saturated rings. The van der Waals surface area contributed by atoms with Gasteiger partial charge in [0, 0.05) is 33.3 Å². The topological polar surface area (TPSA) is 112 Å². The van der Waals surface area contributed by atoms with Gasteiger partial charge in [-0.1, -0.05) is 72.8 Å². The number of rotatable bonds is 9. The summed E-state index contributed by atoms with van der Waals surface area (Å²) in [7, 11) is 3.21. The van der Waals surface area contributed by atoms with Gasteiger partial charge in [-0.3, -0.25) is 14.3 Å². The molecule has 1 saturated heterocycles. The Morgan fingerprint density at radius 3 is 2.25 bits per heavy atom. The number of hydrogen-bond donors (Lipinski definition) is 2. The minimum absolute atomic E-state index is 0.0293. The van der Waals surface area contributed by atoms with Crippen LogP contribution in [0.15, 0.2) is 100 Å². The van der Waals surface area contributed by atoms with E-state index in [0.717, 1.165) is 16.7 Å². The summed E-state index contributed by atoms with van der Waals surface area (Å²) in [6.07, 6.45) is 5.60. The fraction of sp³-hybridized carbons (Fsp3) is 0.333. The minimum Gasteiger partial charge on any atom is -0.390 e. The van der Waals surface area contributed by atoms with Crippen molar-refractivity contribution >= 4 is 22.6 Å². The molecule has 1 aromatic heterocycles. The summed E-state index contributed by atoms with van der Waals surface area (Å²) in [4.78, 5) is 26.6. The summed E-state index contributed by atoms with van der Waals surface area (Å²) in [6, 6.07) is 19.8. The van der Waals surface area contributed by atoms with E-state index in [9.17, 15) is 14.7 Å². The zero-order valence-corrected chi connectivity index (χ0v) is 24.3. The molecule has 9 nitrogen and oxygen atoms in total. The van der Waals surface area contributed by atoms with Gasteiger partial charge in [0.2, 0.25) is 0 Å². The van der Waals surface area contributed by atoms with E-state index in [1.807, 2.05) is 101 Å². The lowest BCUT2D eigenvalue weighted by Crippen LogP contribution is -2.40. The SMILES string of the molecule is COC1(OC)C=CC(C(OC[C@H]2O[C@@H](n3cc(I)c(=O)[nH]c3=O)C[C@@H]2O)(c2ccccc2)c2ccccc2)=CC1. The number of methoxy groups -OCH3 is 2. The van der Waals surface area contributed by atoms with Crippen molar-refractivity contribution < 1.29 is 24.1 Å². The van der Waals surface area contributed by atoms with Crippen LogP contribution < -0.4 is 11.2 Å². The summed E-state index contributed by atoms with van der Waals surface area (Å²) in [5.74, 6) is -0.873. The monoisotopic (exact) mass is 658 g/mol. The number of nitrogens with zero attached hydrogens (tertiary/aromatic N) is 1. The smallest absolute Gasteiger partial charge is 0.330 e. The predicted molar refractivity (Wildman–Crippen MR) is 157 cm³/mol. The maximum absolute atomic E-state index is 12.5. The molecule has 0 bridgehead atoms. The number of H-pyrrole nitrogens is 1. The van der Waals surface area contributed by atoms with E-state index in [1.165, 1.54) is 10.8 Å². The number of aliphatic hydroxyl groups is 1. The van der Waals surface area contributed by atoms with Gasteiger partial charge < -0.3 is 24.1 Å². The number of benzene rings is 2. The average molecular weight is 658 g/mol. The van der Waals surface area contributed by atoms with Crippen LogP contribution in [-0.4, -0.2) is 53.5 Å². The summed E-state index contributed by atoms with van der Waals surface area (Å²) in [6.45, 7) is 0.0293. The van der Waals surface area contributed by atoms with Gasteiger partial charge in [-0.2, -0.15) is 0 Å². The largest absolute Gasteiger partial charge is 0.390 e. The van der Waals surface area contributed by atoms with Crippen molar-refractivity contribution in [3.05, 3.63) is 126 Å². The summed E-state index contributed by atoms with van der Waals surface area (Å²) in [5, 5.41) is 11.0. The first-order valence-corrected chi connectivity index (χ1v) is 14.0. The second kappa shape index (κ2) is 11.9. The molecule has 3 aromatic rings. The van der Waals surface area contributed by atoms with Crippen LogP contribution in [0.25, 0.3) is 0 Å². The number of hydrogen-bond acceptors (Lipinski definition) is 7. The number of aromatic amines is 1. The molecule has 0 amide bonds. The first kappa shape index (κ1) is 28.7. The molecule has 40 heavy (non-hydrogen) atoms. The maximum atomic E-state index is 12.5. The first-order chi connectivity index (χ1) is 19.3. The Hall–Kier alpha value is -2.87. The number of aliphatic hydroxyl groups excluding tert-OH is 1. The lowest BCUT2D eigenvalue weighted by atomic mass is 9.77. The summed E-state index contributed by atoms with van der Waals surface area (Å²) < 4.78 is 25.9. The van der Waals surface area contributed by atoms with Crippen molar-refractivity contribution in [1.82, 2.24) is 9.55 Å². The fourth-order valence-electron chi connectivity index (χ4n) is 5.27. The van der Waals surface area contributed by atoms with E-state index >= 15 is 0 Å². The van der Waals surface area contributed by atoms with Crippen molar-refractivity contribution in [3.8, 4) is 0 Å². The van der Waals surface area contributed by atoms with Gasteiger partial charge in [0.1, 0.15) is 17.9 Å². The molecule has 210 valence electrons. The molecule has 2 heterocycles. The van der Waals surface area contributed by atoms with Crippen molar-refractivity contribution in [2.75, 3.05) is 20.8 Å². The number of ether oxygens (including phenoxy) is 4. The molecule has 5 rings (SSSR count). The van der Waals surface area contributed by atoms with Crippen LogP contribution in [0.3, 0.4) is 0 Å². The van der Waals surface area contributed by atoms with Crippen molar-refractivity contribution in [1.29, 1.82) is 0 Å². The highest BCUT2D eigenvalue weighted by Crippen LogP contribution is 2.44. The van der Waals surface area contributed by atoms with Gasteiger partial charge in [0.25, 0.3) is 5.56 Å². The second-order valence-corrected chi connectivity index (χ2v) is 10.9. The molecule has 2 aliphatic rings. The molecular weight excluding hydrogens is 627 g/mol. The average Bonchev–Trinajstić information content (AvgIpc) is 3.36. The van der Waals surface area contributed by atoms with Crippen LogP contribution in [0.2, 0.25) is 0 Å². The third kappa shape index (κ3) is 5.39. The van der Waals surface area contributed by atoms with E-state index in [0.29, 0.717) is 9.99 Å². The van der Waals surface area contributed by atoms with E-state index in [1.54, 1.807) is 14.2 Å². The summed E-state index contributed by atoms with van der Waals surface area (Å²) >= 11 is 1.86. The first-order valence-electron chi connectivity index (χ1n) is 12.9. The van der Waals surface area contributed by atoms with E-state index < -0.39 is 41.1 Å². The molecule has 1 aliphatic carbocycles. The number of halogens is 1. The van der Waals surface area contributed by atoms with Gasteiger partial charge in [0.05, 0.1) is 16.3 Å². The number of aromatic nitrogens is 2. The lowest BCUT2D eigenvalue weighted by Gasteiger charge is -2.40. The highest BCUT2D eigenvalue weighted by Gasteiger charge is 2.44. The van der Waals surface area contributed by atoms with Gasteiger partial charge in [0.15, 0.2) is 5.79 Å². The Bertz CT molecular complexity index is 1460. The van der Waals surface area contributed by atoms with Crippen LogP contribution in [0.5, 0.6) is 0 Å². The van der Waals surface area contributed by atoms with Crippen molar-refractivity contribution in [2.24, 2.45) is 0 Å². The molecule has 3 atom stereocenters. The van der Waals surface area contributed by atoms with Crippen LogP contribution in [0.1, 0.15) is 30.2 Å². The molecular formula is C30H31IN2O7. The molecule has 0 spiro atoms. The van der Waals surface area contributed by atoms with E-state index in [-0.39, 0.29) is 13.0 Å². The maximum Gasteiger partial charge on any atom is 0.330 e. The Kier molecular flexibility index (Phi) is 8.55. The Balaban J connectivity index is 1.51. The zero-order valence-electron chi connectivity index (χ0n) is 22.2. The van der Waals surface area contributed by atoms with E-state index in [4.69, 9.17) is 18.9 Å². The zero-order chi connectivity index (χ0) is 28.3. The van der Waals surface area contributed by atoms with Crippen LogP contribution in [0, 0.1) is 3.57 Å². The molecule has 10 heteroatoms. The quantitative estimate of drug-likeness (QED) is 0.267. The van der Waals surface area contributed by atoms with Crippen molar-refractivity contribution in [2.45, 2.75) is 42.7 Å². The predicted octanol–water partition coefficient (Wildman–Crippen LogP) is 3.63. The normalized spacial score (nSPS) is 22.3. The second-order valence-electron chi connectivity index (χ2n) is 9.72. The molecule has 2 N–H and O–H groups in total. The molecule has 0 radical (unpaired) electrons. The fourth-order valence-corrected chi connectivity index (χ4v) is 5.70. The van der Waals surface area contributed by atoms with Gasteiger partial charge >= 0.3 is 5.69 Å². The lowest BCUT2D eigenvalue weighted by molar-refractivity contribution is -0.168. The van der Waals surface area contributed by atoms with Crippen LogP contribution in [0.4, 0.5) is 0 Å². The van der Waals surface area contributed by atoms with Crippen molar-refractivity contribution in [3.63, 3.8) is 0 Å². The molecule has 1 aliphatic heterocycles. The standard InChI is InChI=1S/C30H31IN2O7/c1-37-29(38-2)15-13-22(14-16-29)30(20-9-5-3-6-10-20,21-11-7-4-8-12-21)39-19-25-24(34)17-26(40-25)33-18-23(31)27(35)32-28(33)36/h3-15,18,24-26,34H,16-17,19H2,1-2H3,(H,32,35,36)/t24-,25+,26+/m0/s1.